The van der Waals surface area contributed by atoms with Crippen LogP contribution in [-0.4, -0.2) is 18.4 Å². The van der Waals surface area contributed by atoms with Crippen LogP contribution in [0, 0.1) is 17.5 Å². The van der Waals surface area contributed by atoms with Crippen LogP contribution in [0.5, 0.6) is 0 Å². The summed E-state index contributed by atoms with van der Waals surface area (Å²) < 4.78 is 39.6. The van der Waals surface area contributed by atoms with E-state index in [9.17, 15) is 22.8 Å². The third-order valence-electron chi connectivity index (χ3n) is 3.27. The lowest BCUT2D eigenvalue weighted by atomic mass is 10.2. The molecule has 0 atom stereocenters. The van der Waals surface area contributed by atoms with Gasteiger partial charge in [0.05, 0.1) is 5.69 Å². The second kappa shape index (κ2) is 7.63. The average molecular weight is 336 g/mol. The molecule has 126 valence electrons. The van der Waals surface area contributed by atoms with Gasteiger partial charge in [-0.05, 0) is 30.3 Å². The number of halogens is 3. The van der Waals surface area contributed by atoms with E-state index in [2.05, 4.69) is 5.32 Å². The monoisotopic (exact) mass is 336 g/mol. The van der Waals surface area contributed by atoms with Gasteiger partial charge < -0.3 is 10.2 Å². The molecule has 2 aromatic carbocycles. The first-order valence-electron chi connectivity index (χ1n) is 7.15. The van der Waals surface area contributed by atoms with Crippen LogP contribution in [0.15, 0.2) is 42.5 Å². The van der Waals surface area contributed by atoms with E-state index in [0.29, 0.717) is 11.8 Å². The lowest BCUT2D eigenvalue weighted by molar-refractivity contribution is -0.117. The fourth-order valence-electron chi connectivity index (χ4n) is 2.13. The summed E-state index contributed by atoms with van der Waals surface area (Å²) in [4.78, 5) is 24.8. The van der Waals surface area contributed by atoms with Crippen molar-refractivity contribution in [2.45, 2.75) is 13.3 Å². The Bertz CT molecular complexity index is 765. The molecule has 24 heavy (non-hydrogen) atoms. The largest absolute Gasteiger partial charge is 0.324 e. The summed E-state index contributed by atoms with van der Waals surface area (Å²) in [6.07, 6.45) is -0.132. The van der Waals surface area contributed by atoms with Gasteiger partial charge in [-0.1, -0.05) is 6.07 Å². The maximum absolute atomic E-state index is 13.5. The van der Waals surface area contributed by atoms with E-state index in [1.165, 1.54) is 30.0 Å². The van der Waals surface area contributed by atoms with Crippen LogP contribution in [0.2, 0.25) is 0 Å². The van der Waals surface area contributed by atoms with Gasteiger partial charge in [0.2, 0.25) is 11.8 Å². The van der Waals surface area contributed by atoms with Gasteiger partial charge in [-0.2, -0.15) is 0 Å². The third-order valence-corrected chi connectivity index (χ3v) is 3.27. The first-order valence-corrected chi connectivity index (χ1v) is 7.15. The van der Waals surface area contributed by atoms with Crippen molar-refractivity contribution in [3.63, 3.8) is 0 Å². The summed E-state index contributed by atoms with van der Waals surface area (Å²) in [5.41, 5.74) is 0.171. The molecule has 2 aromatic rings. The number of amides is 2. The van der Waals surface area contributed by atoms with Gasteiger partial charge in [-0.3, -0.25) is 9.59 Å². The highest BCUT2D eigenvalue weighted by molar-refractivity contribution is 5.94. The number of nitrogens with zero attached hydrogens (tertiary/aromatic N) is 1. The number of hydrogen-bond acceptors (Lipinski definition) is 2. The number of benzene rings is 2. The highest BCUT2D eigenvalue weighted by atomic mass is 19.1. The Kier molecular flexibility index (Phi) is 5.57. The Labute approximate surface area is 136 Å². The molecule has 0 radical (unpaired) electrons. The molecule has 2 amide bonds. The zero-order chi connectivity index (χ0) is 17.7. The van der Waals surface area contributed by atoms with Crippen molar-refractivity contribution in [2.75, 3.05) is 16.8 Å². The molecular weight excluding hydrogens is 321 g/mol. The first kappa shape index (κ1) is 17.5. The van der Waals surface area contributed by atoms with Crippen molar-refractivity contribution in [2.24, 2.45) is 0 Å². The molecule has 0 bridgehead atoms. The Morgan fingerprint density at radius 2 is 1.75 bits per heavy atom. The quantitative estimate of drug-likeness (QED) is 0.909. The van der Waals surface area contributed by atoms with Gasteiger partial charge in [-0.25, -0.2) is 13.2 Å². The fraction of sp³-hybridized carbons (Fsp3) is 0.176. The molecule has 0 saturated carbocycles. The van der Waals surface area contributed by atoms with Crippen LogP contribution >= 0.6 is 0 Å². The molecule has 0 aliphatic heterocycles. The number of nitrogens with one attached hydrogen (secondary N) is 1. The summed E-state index contributed by atoms with van der Waals surface area (Å²) in [7, 11) is 0. The minimum absolute atomic E-state index is 0.00651. The molecule has 0 aliphatic rings. The molecule has 4 nitrogen and oxygen atoms in total. The van der Waals surface area contributed by atoms with Crippen LogP contribution in [-0.2, 0) is 9.59 Å². The predicted octanol–water partition coefficient (Wildman–Crippen LogP) is 3.49. The van der Waals surface area contributed by atoms with Crippen molar-refractivity contribution in [3.8, 4) is 0 Å². The number of carbonyl (C=O) groups excluding carboxylic acids is 2. The standard InChI is InChI=1S/C17H15F3N2O2/c1-11(23)22(14-4-2-3-12(18)9-14)8-7-17(24)21-16-6-5-13(19)10-15(16)20/h2-6,9-10H,7-8H2,1H3,(H,21,24). The Balaban J connectivity index is 2.01. The third kappa shape index (κ3) is 4.58. The van der Waals surface area contributed by atoms with E-state index in [1.54, 1.807) is 6.07 Å². The number of anilines is 2. The number of hydrogen-bond donors (Lipinski definition) is 1. The Hall–Kier alpha value is -2.83. The van der Waals surface area contributed by atoms with E-state index in [4.69, 9.17) is 0 Å². The fourth-order valence-corrected chi connectivity index (χ4v) is 2.13. The molecule has 0 spiro atoms. The molecule has 0 aliphatic carbocycles. The molecular formula is C17H15F3N2O2. The van der Waals surface area contributed by atoms with E-state index in [0.717, 1.165) is 12.1 Å². The SMILES string of the molecule is CC(=O)N(CCC(=O)Nc1ccc(F)cc1F)c1cccc(F)c1. The van der Waals surface area contributed by atoms with Gasteiger partial charge in [-0.15, -0.1) is 0 Å². The van der Waals surface area contributed by atoms with Crippen molar-refractivity contribution < 1.29 is 22.8 Å². The van der Waals surface area contributed by atoms with Gasteiger partial charge >= 0.3 is 0 Å². The second-order valence-corrected chi connectivity index (χ2v) is 5.07. The summed E-state index contributed by atoms with van der Waals surface area (Å²) in [5.74, 6) is -3.06. The molecule has 1 N–H and O–H groups in total. The van der Waals surface area contributed by atoms with E-state index >= 15 is 0 Å². The zero-order valence-corrected chi connectivity index (χ0v) is 12.9. The van der Waals surface area contributed by atoms with Gasteiger partial charge in [0, 0.05) is 31.6 Å². The average Bonchev–Trinajstić information content (AvgIpc) is 2.50. The first-order chi connectivity index (χ1) is 11.4. The minimum Gasteiger partial charge on any atom is -0.324 e. The molecule has 0 aromatic heterocycles. The van der Waals surface area contributed by atoms with Gasteiger partial charge in [0.15, 0.2) is 0 Å². The van der Waals surface area contributed by atoms with Crippen LogP contribution in [0.4, 0.5) is 24.5 Å². The molecule has 2 rings (SSSR count). The van der Waals surface area contributed by atoms with Crippen molar-refractivity contribution >= 4 is 23.2 Å². The van der Waals surface area contributed by atoms with Crippen molar-refractivity contribution in [1.29, 1.82) is 0 Å². The maximum atomic E-state index is 13.5. The van der Waals surface area contributed by atoms with Crippen molar-refractivity contribution in [3.05, 3.63) is 59.9 Å². The van der Waals surface area contributed by atoms with Gasteiger partial charge in [0.1, 0.15) is 17.5 Å². The van der Waals surface area contributed by atoms with Crippen LogP contribution in [0.25, 0.3) is 0 Å². The van der Waals surface area contributed by atoms with E-state index in [-0.39, 0.29) is 24.6 Å². The zero-order valence-electron chi connectivity index (χ0n) is 12.9. The number of carbonyl (C=O) groups is 2. The van der Waals surface area contributed by atoms with Crippen LogP contribution < -0.4 is 10.2 Å². The highest BCUT2D eigenvalue weighted by Crippen LogP contribution is 2.18. The lowest BCUT2D eigenvalue weighted by Crippen LogP contribution is -2.32. The highest BCUT2D eigenvalue weighted by Gasteiger charge is 2.15. The summed E-state index contributed by atoms with van der Waals surface area (Å²) in [6, 6.07) is 8.21. The lowest BCUT2D eigenvalue weighted by Gasteiger charge is -2.21. The smallest absolute Gasteiger partial charge is 0.226 e. The summed E-state index contributed by atoms with van der Waals surface area (Å²) in [6.45, 7) is 1.29. The molecule has 0 heterocycles. The Morgan fingerprint density at radius 1 is 1.04 bits per heavy atom. The predicted molar refractivity (Wildman–Crippen MR) is 84.0 cm³/mol. The maximum Gasteiger partial charge on any atom is 0.226 e. The molecule has 0 fully saturated rings. The van der Waals surface area contributed by atoms with Crippen LogP contribution in [0.3, 0.4) is 0 Å². The van der Waals surface area contributed by atoms with Gasteiger partial charge in [0.25, 0.3) is 0 Å². The van der Waals surface area contributed by atoms with Crippen LogP contribution in [0.1, 0.15) is 13.3 Å². The normalized spacial score (nSPS) is 10.3. The number of rotatable bonds is 5. The summed E-state index contributed by atoms with van der Waals surface area (Å²) in [5, 5.41) is 2.30. The minimum atomic E-state index is -0.892. The molecule has 0 unspecified atom stereocenters. The topological polar surface area (TPSA) is 49.4 Å². The Morgan fingerprint density at radius 3 is 2.38 bits per heavy atom. The molecule has 0 saturated heterocycles. The van der Waals surface area contributed by atoms with E-state index in [1.807, 2.05) is 0 Å². The van der Waals surface area contributed by atoms with E-state index < -0.39 is 23.4 Å². The second-order valence-electron chi connectivity index (χ2n) is 5.07. The molecule has 7 heteroatoms. The van der Waals surface area contributed by atoms with Crippen molar-refractivity contribution in [1.82, 2.24) is 0 Å². The summed E-state index contributed by atoms with van der Waals surface area (Å²) >= 11 is 0.